The van der Waals surface area contributed by atoms with Crippen molar-refractivity contribution >= 4 is 16.8 Å². The minimum Gasteiger partial charge on any atom is -0.496 e. The van der Waals surface area contributed by atoms with Gasteiger partial charge in [-0.1, -0.05) is 24.3 Å². The molecule has 0 saturated carbocycles. The highest BCUT2D eigenvalue weighted by atomic mass is 16.5. The summed E-state index contributed by atoms with van der Waals surface area (Å²) in [6, 6.07) is 15.4. The highest BCUT2D eigenvalue weighted by Crippen LogP contribution is 2.27. The van der Waals surface area contributed by atoms with Gasteiger partial charge in [-0.05, 0) is 50.6 Å². The fourth-order valence-corrected chi connectivity index (χ4v) is 3.97. The quantitative estimate of drug-likeness (QED) is 0.630. The summed E-state index contributed by atoms with van der Waals surface area (Å²) in [5.74, 6) is 0.808. The maximum absolute atomic E-state index is 13.1. The number of benzene rings is 2. The predicted molar refractivity (Wildman–Crippen MR) is 110 cm³/mol. The first-order chi connectivity index (χ1) is 13.7. The summed E-state index contributed by atoms with van der Waals surface area (Å²) in [6.45, 7) is 4.45. The van der Waals surface area contributed by atoms with Crippen molar-refractivity contribution in [2.75, 3.05) is 20.2 Å². The van der Waals surface area contributed by atoms with Gasteiger partial charge in [0.2, 0.25) is 0 Å². The van der Waals surface area contributed by atoms with Crippen LogP contribution >= 0.6 is 0 Å². The molecule has 0 unspecified atom stereocenters. The van der Waals surface area contributed by atoms with Gasteiger partial charge in [-0.2, -0.15) is 0 Å². The zero-order valence-electron chi connectivity index (χ0n) is 16.4. The molecular formula is C23H25N3O2. The summed E-state index contributed by atoms with van der Waals surface area (Å²) in [5.41, 5.74) is 4.47. The average Bonchev–Trinajstić information content (AvgIpc) is 2.74. The van der Waals surface area contributed by atoms with Crippen molar-refractivity contribution in [1.29, 1.82) is 0 Å². The van der Waals surface area contributed by atoms with Crippen LogP contribution < -0.4 is 4.74 Å². The lowest BCUT2D eigenvalue weighted by Crippen LogP contribution is -2.38. The van der Waals surface area contributed by atoms with Gasteiger partial charge in [0, 0.05) is 19.0 Å². The number of rotatable bonds is 5. The van der Waals surface area contributed by atoms with Gasteiger partial charge in [-0.25, -0.2) is 9.97 Å². The van der Waals surface area contributed by atoms with Gasteiger partial charge in [0.25, 0.3) is 0 Å². The topological polar surface area (TPSA) is 55.3 Å². The normalized spacial score (nSPS) is 17.6. The van der Waals surface area contributed by atoms with Crippen LogP contribution in [0.5, 0.6) is 5.75 Å². The summed E-state index contributed by atoms with van der Waals surface area (Å²) in [6.07, 6.45) is 1.92. The summed E-state index contributed by atoms with van der Waals surface area (Å²) in [5, 5.41) is 0. The second-order valence-electron chi connectivity index (χ2n) is 7.38. The van der Waals surface area contributed by atoms with Crippen LogP contribution in [0.3, 0.4) is 0 Å². The van der Waals surface area contributed by atoms with E-state index in [4.69, 9.17) is 14.7 Å². The Morgan fingerprint density at radius 1 is 1.11 bits per heavy atom. The summed E-state index contributed by atoms with van der Waals surface area (Å²) >= 11 is 0. The van der Waals surface area contributed by atoms with E-state index in [0.717, 1.165) is 54.9 Å². The van der Waals surface area contributed by atoms with E-state index in [9.17, 15) is 4.79 Å². The van der Waals surface area contributed by atoms with E-state index in [1.807, 2.05) is 55.5 Å². The van der Waals surface area contributed by atoms with Gasteiger partial charge in [-0.3, -0.25) is 9.69 Å². The number of Topliss-reactive ketones (excluding diaryl/α,β-unsaturated/α-hetero) is 1. The Morgan fingerprint density at radius 2 is 1.82 bits per heavy atom. The summed E-state index contributed by atoms with van der Waals surface area (Å²) < 4.78 is 5.38. The zero-order chi connectivity index (χ0) is 19.5. The number of likely N-dealkylation sites (tertiary alicyclic amines) is 1. The van der Waals surface area contributed by atoms with Crippen molar-refractivity contribution in [2.24, 2.45) is 5.92 Å². The molecule has 0 aliphatic carbocycles. The Bertz CT molecular complexity index is 1000. The number of carbonyl (C=O) groups is 1. The van der Waals surface area contributed by atoms with Gasteiger partial charge in [0.1, 0.15) is 5.75 Å². The predicted octanol–water partition coefficient (Wildman–Crippen LogP) is 4.04. The first-order valence-corrected chi connectivity index (χ1v) is 9.77. The van der Waals surface area contributed by atoms with Crippen molar-refractivity contribution in [3.63, 3.8) is 0 Å². The SMILES string of the molecule is COc1ccccc1C(=O)[C@H]1CCCN(Cc2nc3ccccc3nc2C)C1. The molecule has 0 N–H and O–H groups in total. The second-order valence-corrected chi connectivity index (χ2v) is 7.38. The van der Waals surface area contributed by atoms with E-state index in [2.05, 4.69) is 4.90 Å². The third kappa shape index (κ3) is 3.76. The molecule has 1 atom stereocenters. The number of ketones is 1. The van der Waals surface area contributed by atoms with E-state index >= 15 is 0 Å². The van der Waals surface area contributed by atoms with Crippen LogP contribution in [0, 0.1) is 12.8 Å². The van der Waals surface area contributed by atoms with Gasteiger partial charge in [-0.15, -0.1) is 0 Å². The fourth-order valence-electron chi connectivity index (χ4n) is 3.97. The third-order valence-electron chi connectivity index (χ3n) is 5.47. The Morgan fingerprint density at radius 3 is 2.61 bits per heavy atom. The molecule has 0 bridgehead atoms. The van der Waals surface area contributed by atoms with Gasteiger partial charge < -0.3 is 4.74 Å². The molecule has 0 radical (unpaired) electrons. The molecule has 144 valence electrons. The average molecular weight is 375 g/mol. The maximum atomic E-state index is 13.1. The Balaban J connectivity index is 1.51. The molecule has 5 heteroatoms. The molecule has 0 spiro atoms. The molecule has 1 aliphatic rings. The number of fused-ring (bicyclic) bond motifs is 1. The number of nitrogens with zero attached hydrogens (tertiary/aromatic N) is 3. The lowest BCUT2D eigenvalue weighted by Gasteiger charge is -2.32. The van der Waals surface area contributed by atoms with E-state index in [-0.39, 0.29) is 11.7 Å². The summed E-state index contributed by atoms with van der Waals surface area (Å²) in [7, 11) is 1.61. The Kier molecular flexibility index (Phi) is 5.35. The van der Waals surface area contributed by atoms with Crippen molar-refractivity contribution < 1.29 is 9.53 Å². The molecular weight excluding hydrogens is 350 g/mol. The third-order valence-corrected chi connectivity index (χ3v) is 5.47. The number of ether oxygens (including phenoxy) is 1. The first-order valence-electron chi connectivity index (χ1n) is 9.77. The van der Waals surface area contributed by atoms with Gasteiger partial charge in [0.15, 0.2) is 5.78 Å². The molecule has 1 saturated heterocycles. The van der Waals surface area contributed by atoms with Crippen LogP contribution in [0.1, 0.15) is 34.6 Å². The van der Waals surface area contributed by atoms with Crippen LogP contribution in [0.4, 0.5) is 0 Å². The molecule has 2 aromatic carbocycles. The van der Waals surface area contributed by atoms with Crippen LogP contribution in [0.2, 0.25) is 0 Å². The van der Waals surface area contributed by atoms with E-state index in [0.29, 0.717) is 11.3 Å². The number of piperidine rings is 1. The van der Waals surface area contributed by atoms with Crippen LogP contribution in [-0.4, -0.2) is 40.9 Å². The van der Waals surface area contributed by atoms with Crippen LogP contribution in [-0.2, 0) is 6.54 Å². The van der Waals surface area contributed by atoms with Gasteiger partial charge >= 0.3 is 0 Å². The maximum Gasteiger partial charge on any atom is 0.170 e. The largest absolute Gasteiger partial charge is 0.496 e. The summed E-state index contributed by atoms with van der Waals surface area (Å²) in [4.78, 5) is 24.9. The standard InChI is InChI=1S/C23H25N3O2/c1-16-21(25-20-11-5-4-10-19(20)24-16)15-26-13-7-8-17(14-26)23(27)18-9-3-6-12-22(18)28-2/h3-6,9-12,17H,7-8,13-15H2,1-2H3/t17-/m0/s1. The van der Waals surface area contributed by atoms with E-state index in [1.54, 1.807) is 7.11 Å². The van der Waals surface area contributed by atoms with Crippen molar-refractivity contribution in [3.05, 3.63) is 65.5 Å². The number of methoxy groups -OCH3 is 1. The smallest absolute Gasteiger partial charge is 0.170 e. The second kappa shape index (κ2) is 8.07. The molecule has 28 heavy (non-hydrogen) atoms. The molecule has 5 nitrogen and oxygen atoms in total. The first kappa shape index (κ1) is 18.6. The monoisotopic (exact) mass is 375 g/mol. The minimum atomic E-state index is -0.0150. The molecule has 4 rings (SSSR count). The Labute approximate surface area is 165 Å². The van der Waals surface area contributed by atoms with E-state index in [1.165, 1.54) is 0 Å². The van der Waals surface area contributed by atoms with E-state index < -0.39 is 0 Å². The van der Waals surface area contributed by atoms with Crippen molar-refractivity contribution in [3.8, 4) is 5.75 Å². The molecule has 1 aromatic heterocycles. The lowest BCUT2D eigenvalue weighted by atomic mass is 9.89. The molecule has 1 fully saturated rings. The zero-order valence-corrected chi connectivity index (χ0v) is 16.4. The molecule has 0 amide bonds. The Hall–Kier alpha value is -2.79. The van der Waals surface area contributed by atoms with Crippen LogP contribution in [0.25, 0.3) is 11.0 Å². The minimum absolute atomic E-state index is 0.0150. The van der Waals surface area contributed by atoms with Gasteiger partial charge in [0.05, 0.1) is 35.1 Å². The number of hydrogen-bond acceptors (Lipinski definition) is 5. The number of hydrogen-bond donors (Lipinski definition) is 0. The number of para-hydroxylation sites is 3. The van der Waals surface area contributed by atoms with Crippen molar-refractivity contribution in [2.45, 2.75) is 26.3 Å². The fraction of sp³-hybridized carbons (Fsp3) is 0.348. The number of aryl methyl sites for hydroxylation is 1. The molecule has 3 aromatic rings. The highest BCUT2D eigenvalue weighted by Gasteiger charge is 2.28. The number of carbonyl (C=O) groups excluding carboxylic acids is 1. The van der Waals surface area contributed by atoms with Crippen molar-refractivity contribution in [1.82, 2.24) is 14.9 Å². The molecule has 1 aliphatic heterocycles. The van der Waals surface area contributed by atoms with Crippen LogP contribution in [0.15, 0.2) is 48.5 Å². The number of aromatic nitrogens is 2. The molecule has 2 heterocycles. The highest BCUT2D eigenvalue weighted by molar-refractivity contribution is 6.00. The lowest BCUT2D eigenvalue weighted by molar-refractivity contribution is 0.0807.